The van der Waals surface area contributed by atoms with Crippen LogP contribution in [0.25, 0.3) is 11.3 Å². The average Bonchev–Trinajstić information content (AvgIpc) is 3.38. The van der Waals surface area contributed by atoms with E-state index in [0.29, 0.717) is 36.9 Å². The Hall–Kier alpha value is -3.74. The van der Waals surface area contributed by atoms with Gasteiger partial charge in [-0.2, -0.15) is 10.1 Å². The molecule has 0 aliphatic carbocycles. The Labute approximate surface area is 167 Å². The summed E-state index contributed by atoms with van der Waals surface area (Å²) < 4.78 is 5.42. The van der Waals surface area contributed by atoms with Crippen LogP contribution in [0.2, 0.25) is 0 Å². The first-order valence-electron chi connectivity index (χ1n) is 9.53. The van der Waals surface area contributed by atoms with E-state index >= 15 is 0 Å². The fraction of sp³-hybridized carbons (Fsp3) is 0.182. The Morgan fingerprint density at radius 2 is 1.79 bits per heavy atom. The van der Waals surface area contributed by atoms with Crippen molar-refractivity contribution >= 4 is 5.91 Å². The number of nitrogens with one attached hydrogen (secondary N) is 1. The molecule has 0 spiro atoms. The van der Waals surface area contributed by atoms with Crippen LogP contribution in [0.15, 0.2) is 71.3 Å². The van der Waals surface area contributed by atoms with Crippen molar-refractivity contribution in [3.63, 3.8) is 0 Å². The summed E-state index contributed by atoms with van der Waals surface area (Å²) in [6, 6.07) is 21.6. The van der Waals surface area contributed by atoms with Gasteiger partial charge in [0.1, 0.15) is 5.69 Å². The fourth-order valence-corrected chi connectivity index (χ4v) is 3.44. The van der Waals surface area contributed by atoms with Gasteiger partial charge in [0, 0.05) is 25.1 Å². The van der Waals surface area contributed by atoms with Gasteiger partial charge in [0.15, 0.2) is 5.82 Å². The molecule has 2 aromatic carbocycles. The molecule has 0 unspecified atom stereocenters. The van der Waals surface area contributed by atoms with Gasteiger partial charge < -0.3 is 9.42 Å². The van der Waals surface area contributed by atoms with E-state index in [9.17, 15) is 4.79 Å². The fourth-order valence-electron chi connectivity index (χ4n) is 3.44. The van der Waals surface area contributed by atoms with Crippen LogP contribution in [0, 0.1) is 0 Å². The molecule has 1 amide bonds. The highest BCUT2D eigenvalue weighted by Gasteiger charge is 2.36. The predicted octanol–water partition coefficient (Wildman–Crippen LogP) is 3.29. The van der Waals surface area contributed by atoms with Gasteiger partial charge in [-0.05, 0) is 11.6 Å². The Morgan fingerprint density at radius 1 is 1.07 bits per heavy atom. The van der Waals surface area contributed by atoms with Crippen LogP contribution >= 0.6 is 0 Å². The van der Waals surface area contributed by atoms with Gasteiger partial charge in [-0.1, -0.05) is 65.8 Å². The molecule has 1 N–H and O–H groups in total. The van der Waals surface area contributed by atoms with Crippen molar-refractivity contribution in [3.05, 3.63) is 89.7 Å². The van der Waals surface area contributed by atoms with Crippen molar-refractivity contribution in [2.75, 3.05) is 13.1 Å². The zero-order chi connectivity index (χ0) is 19.6. The first kappa shape index (κ1) is 17.4. The lowest BCUT2D eigenvalue weighted by molar-refractivity contribution is 0.0563. The highest BCUT2D eigenvalue weighted by Crippen LogP contribution is 2.28. The number of amides is 1. The maximum atomic E-state index is 12.7. The van der Waals surface area contributed by atoms with Crippen LogP contribution in [0.3, 0.4) is 0 Å². The largest absolute Gasteiger partial charge is 0.339 e. The van der Waals surface area contributed by atoms with Gasteiger partial charge in [-0.15, -0.1) is 0 Å². The van der Waals surface area contributed by atoms with Crippen molar-refractivity contribution in [1.82, 2.24) is 25.2 Å². The smallest absolute Gasteiger partial charge is 0.271 e. The number of carbonyl (C=O) groups is 1. The average molecular weight is 385 g/mol. The predicted molar refractivity (Wildman–Crippen MR) is 106 cm³/mol. The minimum atomic E-state index is -0.0695. The van der Waals surface area contributed by atoms with E-state index < -0.39 is 0 Å². The lowest BCUT2D eigenvalue weighted by Gasteiger charge is -2.36. The Bertz CT molecular complexity index is 1110. The van der Waals surface area contributed by atoms with E-state index in [-0.39, 0.29) is 11.8 Å². The number of benzene rings is 2. The molecule has 5 rings (SSSR count). The molecule has 1 saturated heterocycles. The number of H-pyrrole nitrogens is 1. The number of aromatic nitrogens is 4. The molecule has 0 saturated carbocycles. The Morgan fingerprint density at radius 3 is 2.55 bits per heavy atom. The molecule has 0 bridgehead atoms. The minimum absolute atomic E-state index is 0.0695. The van der Waals surface area contributed by atoms with E-state index in [4.69, 9.17) is 4.52 Å². The molecular formula is C22H19N5O2. The van der Waals surface area contributed by atoms with E-state index in [0.717, 1.165) is 16.8 Å². The number of carbonyl (C=O) groups excluding carboxylic acids is 1. The summed E-state index contributed by atoms with van der Waals surface area (Å²) >= 11 is 0. The SMILES string of the molecule is O=C(c1cc(-c2ccccc2)n[nH]1)N1CC(c2nc(Cc3ccccc3)no2)C1. The van der Waals surface area contributed by atoms with Crippen molar-refractivity contribution in [2.45, 2.75) is 12.3 Å². The second kappa shape index (κ2) is 7.35. The summed E-state index contributed by atoms with van der Waals surface area (Å²) in [6.07, 6.45) is 0.635. The second-order valence-corrected chi connectivity index (χ2v) is 7.15. The van der Waals surface area contributed by atoms with Gasteiger partial charge in [0.2, 0.25) is 5.89 Å². The second-order valence-electron chi connectivity index (χ2n) is 7.15. The summed E-state index contributed by atoms with van der Waals surface area (Å²) in [5.41, 5.74) is 3.35. The quantitative estimate of drug-likeness (QED) is 0.570. The highest BCUT2D eigenvalue weighted by molar-refractivity contribution is 5.94. The van der Waals surface area contributed by atoms with Crippen molar-refractivity contribution in [1.29, 1.82) is 0 Å². The molecule has 1 fully saturated rings. The molecule has 4 aromatic rings. The normalized spacial score (nSPS) is 14.0. The van der Waals surface area contributed by atoms with E-state index in [2.05, 4.69) is 20.3 Å². The van der Waals surface area contributed by atoms with E-state index in [1.807, 2.05) is 60.7 Å². The van der Waals surface area contributed by atoms with Crippen LogP contribution in [0.5, 0.6) is 0 Å². The molecule has 3 heterocycles. The van der Waals surface area contributed by atoms with Crippen molar-refractivity contribution in [2.24, 2.45) is 0 Å². The maximum Gasteiger partial charge on any atom is 0.271 e. The highest BCUT2D eigenvalue weighted by atomic mass is 16.5. The molecule has 2 aromatic heterocycles. The minimum Gasteiger partial charge on any atom is -0.339 e. The molecule has 7 nitrogen and oxygen atoms in total. The Balaban J connectivity index is 1.20. The lowest BCUT2D eigenvalue weighted by atomic mass is 9.99. The number of nitrogens with zero attached hydrogens (tertiary/aromatic N) is 4. The standard InChI is InChI=1S/C22H19N5O2/c28-22(19-12-18(24-25-19)16-9-5-2-6-10-16)27-13-17(14-27)21-23-20(26-29-21)11-15-7-3-1-4-8-15/h1-10,12,17H,11,13-14H2,(H,24,25). The topological polar surface area (TPSA) is 87.9 Å². The van der Waals surface area contributed by atoms with Crippen molar-refractivity contribution < 1.29 is 9.32 Å². The summed E-state index contributed by atoms with van der Waals surface area (Å²) in [6.45, 7) is 1.12. The van der Waals surface area contributed by atoms with Gasteiger partial charge in [0.05, 0.1) is 11.6 Å². The molecular weight excluding hydrogens is 366 g/mol. The van der Waals surface area contributed by atoms with Gasteiger partial charge in [-0.25, -0.2) is 0 Å². The maximum absolute atomic E-state index is 12.7. The summed E-state index contributed by atoms with van der Waals surface area (Å²) in [5.74, 6) is 1.26. The van der Waals surface area contributed by atoms with Gasteiger partial charge in [-0.3, -0.25) is 9.89 Å². The lowest BCUT2D eigenvalue weighted by Crippen LogP contribution is -2.48. The number of aromatic amines is 1. The number of rotatable bonds is 5. The number of hydrogen-bond acceptors (Lipinski definition) is 5. The third kappa shape index (κ3) is 3.54. The zero-order valence-corrected chi connectivity index (χ0v) is 15.7. The molecule has 29 heavy (non-hydrogen) atoms. The van der Waals surface area contributed by atoms with Gasteiger partial charge in [0.25, 0.3) is 5.91 Å². The zero-order valence-electron chi connectivity index (χ0n) is 15.7. The summed E-state index contributed by atoms with van der Waals surface area (Å²) in [7, 11) is 0. The van der Waals surface area contributed by atoms with Gasteiger partial charge >= 0.3 is 0 Å². The van der Waals surface area contributed by atoms with Crippen LogP contribution < -0.4 is 0 Å². The van der Waals surface area contributed by atoms with Crippen molar-refractivity contribution in [3.8, 4) is 11.3 Å². The first-order chi connectivity index (χ1) is 14.3. The summed E-state index contributed by atoms with van der Waals surface area (Å²) in [5, 5.41) is 11.2. The number of likely N-dealkylation sites (tertiary alicyclic amines) is 1. The van der Waals surface area contributed by atoms with Crippen LogP contribution in [0.1, 0.15) is 33.7 Å². The monoisotopic (exact) mass is 385 g/mol. The van der Waals surface area contributed by atoms with Crippen LogP contribution in [0.4, 0.5) is 0 Å². The number of hydrogen-bond donors (Lipinski definition) is 1. The van der Waals surface area contributed by atoms with E-state index in [1.165, 1.54) is 0 Å². The molecule has 1 aliphatic rings. The van der Waals surface area contributed by atoms with Crippen LogP contribution in [-0.4, -0.2) is 44.2 Å². The molecule has 0 radical (unpaired) electrons. The third-order valence-corrected chi connectivity index (χ3v) is 5.08. The Kier molecular flexibility index (Phi) is 4.40. The molecule has 1 aliphatic heterocycles. The third-order valence-electron chi connectivity index (χ3n) is 5.08. The molecule has 0 atom stereocenters. The summed E-state index contributed by atoms with van der Waals surface area (Å²) in [4.78, 5) is 18.9. The molecule has 144 valence electrons. The first-order valence-corrected chi connectivity index (χ1v) is 9.53. The van der Waals surface area contributed by atoms with E-state index in [1.54, 1.807) is 11.0 Å². The van der Waals surface area contributed by atoms with Crippen LogP contribution in [-0.2, 0) is 6.42 Å². The molecule has 7 heteroatoms.